The van der Waals surface area contributed by atoms with Crippen molar-refractivity contribution in [3.8, 4) is 5.75 Å². The van der Waals surface area contributed by atoms with Gasteiger partial charge < -0.3 is 10.1 Å². The fourth-order valence-electron chi connectivity index (χ4n) is 1.95. The molecule has 0 bridgehead atoms. The van der Waals surface area contributed by atoms with Gasteiger partial charge in [-0.15, -0.1) is 0 Å². The highest BCUT2D eigenvalue weighted by molar-refractivity contribution is 9.10. The van der Waals surface area contributed by atoms with E-state index in [9.17, 15) is 0 Å². The van der Waals surface area contributed by atoms with Crippen LogP contribution in [0, 0.1) is 0 Å². The van der Waals surface area contributed by atoms with Crippen LogP contribution in [0.5, 0.6) is 5.75 Å². The Bertz CT molecular complexity index is 330. The van der Waals surface area contributed by atoms with Crippen LogP contribution in [-0.4, -0.2) is 19.7 Å². The Kier molecular flexibility index (Phi) is 9.82. The zero-order valence-electron chi connectivity index (χ0n) is 12.0. The van der Waals surface area contributed by atoms with E-state index in [1.807, 2.05) is 24.3 Å². The van der Waals surface area contributed by atoms with E-state index in [1.54, 1.807) is 0 Å². The Balaban J connectivity index is 1.89. The Morgan fingerprint density at radius 1 is 1.05 bits per heavy atom. The molecule has 1 rings (SSSR count). The molecule has 108 valence electrons. The number of hydrogen-bond donors (Lipinski definition) is 1. The molecule has 1 N–H and O–H groups in total. The summed E-state index contributed by atoms with van der Waals surface area (Å²) in [6.07, 6.45) is 8.10. The number of rotatable bonds is 11. The van der Waals surface area contributed by atoms with Crippen LogP contribution in [0.15, 0.2) is 28.7 Å². The molecule has 0 aliphatic carbocycles. The second-order valence-electron chi connectivity index (χ2n) is 4.82. The first-order valence-electron chi connectivity index (χ1n) is 7.42. The second-order valence-corrected chi connectivity index (χ2v) is 5.74. The molecule has 3 heteroatoms. The first-order chi connectivity index (χ1) is 9.33. The molecule has 0 aliphatic heterocycles. The quantitative estimate of drug-likeness (QED) is 0.590. The molecule has 0 atom stereocenters. The number of unbranched alkanes of at least 4 members (excludes halogenated alkanes) is 5. The van der Waals surface area contributed by atoms with Crippen molar-refractivity contribution in [1.29, 1.82) is 0 Å². The summed E-state index contributed by atoms with van der Waals surface area (Å²) < 4.78 is 6.71. The van der Waals surface area contributed by atoms with Gasteiger partial charge in [-0.25, -0.2) is 0 Å². The van der Waals surface area contributed by atoms with Gasteiger partial charge in [-0.2, -0.15) is 0 Å². The smallest absolute Gasteiger partial charge is 0.120 e. The van der Waals surface area contributed by atoms with Crippen LogP contribution in [0.1, 0.15) is 45.4 Å². The van der Waals surface area contributed by atoms with E-state index in [1.165, 1.54) is 38.5 Å². The van der Waals surface area contributed by atoms with Crippen LogP contribution < -0.4 is 10.1 Å². The molecule has 0 aromatic heterocycles. The van der Waals surface area contributed by atoms with Crippen molar-refractivity contribution < 1.29 is 4.74 Å². The minimum absolute atomic E-state index is 0.728. The van der Waals surface area contributed by atoms with E-state index in [4.69, 9.17) is 4.74 Å². The number of halogens is 1. The molecule has 0 heterocycles. The predicted octanol–water partition coefficient (Wildman–Crippen LogP) is 4.78. The van der Waals surface area contributed by atoms with Crippen molar-refractivity contribution in [1.82, 2.24) is 5.32 Å². The molecule has 0 saturated carbocycles. The molecule has 1 aromatic rings. The lowest BCUT2D eigenvalue weighted by Gasteiger charge is -2.07. The van der Waals surface area contributed by atoms with Crippen LogP contribution >= 0.6 is 15.9 Å². The summed E-state index contributed by atoms with van der Waals surface area (Å²) in [6.45, 7) is 5.01. The third-order valence-corrected chi connectivity index (χ3v) is 3.54. The maximum Gasteiger partial charge on any atom is 0.120 e. The summed E-state index contributed by atoms with van der Waals surface area (Å²) in [6, 6.07) is 7.97. The molecular weight excluding hydrogens is 302 g/mol. The maximum atomic E-state index is 5.65. The largest absolute Gasteiger partial charge is 0.492 e. The highest BCUT2D eigenvalue weighted by Crippen LogP contribution is 2.17. The van der Waals surface area contributed by atoms with E-state index >= 15 is 0 Å². The Labute approximate surface area is 126 Å². The lowest BCUT2D eigenvalue weighted by molar-refractivity contribution is 0.313. The molecule has 0 spiro atoms. The molecular formula is C16H26BrNO. The van der Waals surface area contributed by atoms with Gasteiger partial charge in [0.05, 0.1) is 0 Å². The molecule has 2 nitrogen and oxygen atoms in total. The standard InChI is InChI=1S/C16H26BrNO/c1-2-3-4-5-6-7-11-18-12-13-19-16-10-8-9-15(17)14-16/h8-10,14,18H,2-7,11-13H2,1H3. The van der Waals surface area contributed by atoms with Gasteiger partial charge in [-0.05, 0) is 31.2 Å². The Hall–Kier alpha value is -0.540. The topological polar surface area (TPSA) is 21.3 Å². The molecule has 0 unspecified atom stereocenters. The van der Waals surface area contributed by atoms with E-state index < -0.39 is 0 Å². The van der Waals surface area contributed by atoms with Gasteiger partial charge in [0.1, 0.15) is 12.4 Å². The lowest BCUT2D eigenvalue weighted by atomic mass is 10.1. The van der Waals surface area contributed by atoms with Crippen LogP contribution in [0.2, 0.25) is 0 Å². The first-order valence-corrected chi connectivity index (χ1v) is 8.21. The number of benzene rings is 1. The molecule has 0 amide bonds. The number of nitrogens with one attached hydrogen (secondary N) is 1. The van der Waals surface area contributed by atoms with Gasteiger partial charge in [0.25, 0.3) is 0 Å². The maximum absolute atomic E-state index is 5.65. The van der Waals surface area contributed by atoms with Crippen molar-refractivity contribution in [2.75, 3.05) is 19.7 Å². The highest BCUT2D eigenvalue weighted by Gasteiger charge is 1.94. The van der Waals surface area contributed by atoms with Crippen molar-refractivity contribution in [3.05, 3.63) is 28.7 Å². The SMILES string of the molecule is CCCCCCCCNCCOc1cccc(Br)c1. The van der Waals surface area contributed by atoms with Crippen LogP contribution in [0.3, 0.4) is 0 Å². The molecule has 0 aliphatic rings. The van der Waals surface area contributed by atoms with Crippen LogP contribution in [-0.2, 0) is 0 Å². The van der Waals surface area contributed by atoms with E-state index in [0.29, 0.717) is 0 Å². The van der Waals surface area contributed by atoms with Crippen molar-refractivity contribution in [2.45, 2.75) is 45.4 Å². The molecule has 0 fully saturated rings. The minimum atomic E-state index is 0.728. The number of ether oxygens (including phenoxy) is 1. The van der Waals surface area contributed by atoms with Crippen molar-refractivity contribution >= 4 is 15.9 Å². The zero-order chi connectivity index (χ0) is 13.8. The number of hydrogen-bond acceptors (Lipinski definition) is 2. The first kappa shape index (κ1) is 16.5. The van der Waals surface area contributed by atoms with Crippen molar-refractivity contribution in [3.63, 3.8) is 0 Å². The minimum Gasteiger partial charge on any atom is -0.492 e. The van der Waals surface area contributed by atoms with Gasteiger partial charge in [0.15, 0.2) is 0 Å². The Morgan fingerprint density at radius 2 is 1.84 bits per heavy atom. The summed E-state index contributed by atoms with van der Waals surface area (Å²) in [5, 5.41) is 3.42. The van der Waals surface area contributed by atoms with Gasteiger partial charge in [0.2, 0.25) is 0 Å². The molecule has 1 aromatic carbocycles. The zero-order valence-corrected chi connectivity index (χ0v) is 13.5. The second kappa shape index (κ2) is 11.3. The van der Waals surface area contributed by atoms with Crippen LogP contribution in [0.25, 0.3) is 0 Å². The van der Waals surface area contributed by atoms with Crippen LogP contribution in [0.4, 0.5) is 0 Å². The van der Waals surface area contributed by atoms with E-state index in [2.05, 4.69) is 28.2 Å². The fraction of sp³-hybridized carbons (Fsp3) is 0.625. The van der Waals surface area contributed by atoms with Gasteiger partial charge in [-0.3, -0.25) is 0 Å². The third-order valence-electron chi connectivity index (χ3n) is 3.05. The molecule has 0 saturated heterocycles. The molecule has 0 radical (unpaired) electrons. The predicted molar refractivity (Wildman–Crippen MR) is 85.9 cm³/mol. The summed E-state index contributed by atoms with van der Waals surface area (Å²) >= 11 is 3.44. The van der Waals surface area contributed by atoms with Gasteiger partial charge in [0, 0.05) is 11.0 Å². The van der Waals surface area contributed by atoms with Gasteiger partial charge in [-0.1, -0.05) is 61.0 Å². The highest BCUT2D eigenvalue weighted by atomic mass is 79.9. The average Bonchev–Trinajstić information content (AvgIpc) is 2.41. The summed E-state index contributed by atoms with van der Waals surface area (Å²) in [5.41, 5.74) is 0. The Morgan fingerprint density at radius 3 is 2.63 bits per heavy atom. The van der Waals surface area contributed by atoms with Crippen molar-refractivity contribution in [2.24, 2.45) is 0 Å². The van der Waals surface area contributed by atoms with E-state index in [0.717, 1.165) is 29.9 Å². The summed E-state index contributed by atoms with van der Waals surface area (Å²) in [4.78, 5) is 0. The lowest BCUT2D eigenvalue weighted by Crippen LogP contribution is -2.22. The summed E-state index contributed by atoms with van der Waals surface area (Å²) in [7, 11) is 0. The van der Waals surface area contributed by atoms with Gasteiger partial charge >= 0.3 is 0 Å². The molecule has 19 heavy (non-hydrogen) atoms. The normalized spacial score (nSPS) is 10.6. The fourth-order valence-corrected chi connectivity index (χ4v) is 2.33. The third kappa shape index (κ3) is 9.06. The monoisotopic (exact) mass is 327 g/mol. The average molecular weight is 328 g/mol. The van der Waals surface area contributed by atoms with E-state index in [-0.39, 0.29) is 0 Å². The summed E-state index contributed by atoms with van der Waals surface area (Å²) in [5.74, 6) is 0.927.